The second kappa shape index (κ2) is 9.97. The molecule has 1 fully saturated rings. The van der Waals surface area contributed by atoms with Crippen LogP contribution in [0.4, 0.5) is 27.6 Å². The number of hydrogen-bond acceptors (Lipinski definition) is 3. The van der Waals surface area contributed by atoms with Crippen LogP contribution < -0.4 is 10.2 Å². The highest BCUT2D eigenvalue weighted by Gasteiger charge is 2.31. The van der Waals surface area contributed by atoms with Crippen LogP contribution >= 0.6 is 0 Å². The van der Waals surface area contributed by atoms with Crippen LogP contribution in [0.1, 0.15) is 28.8 Å². The molecule has 32 heavy (non-hydrogen) atoms. The van der Waals surface area contributed by atoms with Crippen LogP contribution in [0, 0.1) is 11.6 Å². The van der Waals surface area contributed by atoms with Gasteiger partial charge in [-0.1, -0.05) is 6.07 Å². The molecule has 0 aliphatic carbocycles. The second-order valence-electron chi connectivity index (χ2n) is 7.40. The van der Waals surface area contributed by atoms with Crippen molar-refractivity contribution in [3.05, 3.63) is 65.2 Å². The molecule has 5 nitrogen and oxygen atoms in total. The Morgan fingerprint density at radius 3 is 2.34 bits per heavy atom. The van der Waals surface area contributed by atoms with Gasteiger partial charge in [0, 0.05) is 50.9 Å². The van der Waals surface area contributed by atoms with Gasteiger partial charge in [-0.3, -0.25) is 9.59 Å². The van der Waals surface area contributed by atoms with Crippen LogP contribution in [-0.4, -0.2) is 49.4 Å². The fourth-order valence-corrected chi connectivity index (χ4v) is 3.46. The minimum atomic E-state index is -4.41. The van der Waals surface area contributed by atoms with Gasteiger partial charge in [0.15, 0.2) is 0 Å². The van der Waals surface area contributed by atoms with E-state index in [1.807, 2.05) is 0 Å². The van der Waals surface area contributed by atoms with Gasteiger partial charge >= 0.3 is 6.18 Å². The Bertz CT molecular complexity index is 972. The predicted octanol–water partition coefficient (Wildman–Crippen LogP) is 3.84. The van der Waals surface area contributed by atoms with Gasteiger partial charge in [-0.15, -0.1) is 0 Å². The van der Waals surface area contributed by atoms with Gasteiger partial charge in [0.2, 0.25) is 5.91 Å². The van der Waals surface area contributed by atoms with Gasteiger partial charge in [0.25, 0.3) is 5.91 Å². The number of alkyl halides is 3. The van der Waals surface area contributed by atoms with Gasteiger partial charge in [-0.05, 0) is 36.8 Å². The molecule has 10 heteroatoms. The number of nitrogens with zero attached hydrogens (tertiary/aromatic N) is 2. The van der Waals surface area contributed by atoms with E-state index in [1.54, 1.807) is 15.9 Å². The van der Waals surface area contributed by atoms with Crippen molar-refractivity contribution in [1.82, 2.24) is 10.2 Å². The molecule has 0 spiro atoms. The van der Waals surface area contributed by atoms with Gasteiger partial charge in [-0.25, -0.2) is 8.78 Å². The number of hydrogen-bond donors (Lipinski definition) is 1. The first-order valence-electron chi connectivity index (χ1n) is 10.1. The molecular weight excluding hydrogens is 433 g/mol. The molecule has 2 amide bonds. The summed E-state index contributed by atoms with van der Waals surface area (Å²) in [4.78, 5) is 27.7. The third kappa shape index (κ3) is 5.95. The second-order valence-corrected chi connectivity index (χ2v) is 7.40. The topological polar surface area (TPSA) is 52.7 Å². The van der Waals surface area contributed by atoms with Crippen LogP contribution in [0.2, 0.25) is 0 Å². The van der Waals surface area contributed by atoms with Crippen molar-refractivity contribution >= 4 is 17.5 Å². The molecule has 172 valence electrons. The van der Waals surface area contributed by atoms with E-state index in [1.165, 1.54) is 6.07 Å². The summed E-state index contributed by atoms with van der Waals surface area (Å²) in [6.45, 7) is 1.72. The Labute approximate surface area is 181 Å². The van der Waals surface area contributed by atoms with Crippen molar-refractivity contribution in [1.29, 1.82) is 0 Å². The molecule has 3 rings (SSSR count). The van der Waals surface area contributed by atoms with E-state index in [-0.39, 0.29) is 24.4 Å². The number of anilines is 1. The van der Waals surface area contributed by atoms with Gasteiger partial charge in [0.1, 0.15) is 11.6 Å². The lowest BCUT2D eigenvalue weighted by molar-refractivity contribution is -0.137. The number of benzene rings is 2. The molecule has 0 bridgehead atoms. The summed E-state index contributed by atoms with van der Waals surface area (Å²) in [5.41, 5.74) is -0.526. The van der Waals surface area contributed by atoms with Crippen molar-refractivity contribution in [2.45, 2.75) is 19.0 Å². The van der Waals surface area contributed by atoms with Gasteiger partial charge in [-0.2, -0.15) is 13.2 Å². The van der Waals surface area contributed by atoms with Crippen molar-refractivity contribution in [2.24, 2.45) is 0 Å². The molecule has 2 aromatic carbocycles. The molecular formula is C22H22F5N3O2. The smallest absolute Gasteiger partial charge is 0.368 e. The Morgan fingerprint density at radius 2 is 1.69 bits per heavy atom. The summed E-state index contributed by atoms with van der Waals surface area (Å²) in [5.74, 6) is -2.56. The number of piperazine rings is 1. The average molecular weight is 455 g/mol. The van der Waals surface area contributed by atoms with E-state index < -0.39 is 29.3 Å². The zero-order valence-corrected chi connectivity index (χ0v) is 17.1. The van der Waals surface area contributed by atoms with E-state index >= 15 is 0 Å². The first-order valence-corrected chi connectivity index (χ1v) is 10.1. The third-order valence-corrected chi connectivity index (χ3v) is 5.20. The Kier molecular flexibility index (Phi) is 7.32. The summed E-state index contributed by atoms with van der Waals surface area (Å²) < 4.78 is 65.2. The summed E-state index contributed by atoms with van der Waals surface area (Å²) in [6, 6.07) is 7.75. The summed E-state index contributed by atoms with van der Waals surface area (Å²) >= 11 is 0. The van der Waals surface area contributed by atoms with Crippen LogP contribution in [-0.2, 0) is 11.0 Å². The average Bonchev–Trinajstić information content (AvgIpc) is 2.76. The van der Waals surface area contributed by atoms with Crippen molar-refractivity contribution in [3.63, 3.8) is 0 Å². The molecule has 0 saturated carbocycles. The van der Waals surface area contributed by atoms with Crippen molar-refractivity contribution in [3.8, 4) is 0 Å². The fourth-order valence-electron chi connectivity index (χ4n) is 3.46. The highest BCUT2D eigenvalue weighted by atomic mass is 19.4. The highest BCUT2D eigenvalue weighted by Crippen LogP contribution is 2.31. The Hall–Kier alpha value is -3.17. The molecule has 1 saturated heterocycles. The number of carbonyl (C=O) groups is 2. The maximum Gasteiger partial charge on any atom is 0.416 e. The Balaban J connectivity index is 1.42. The summed E-state index contributed by atoms with van der Waals surface area (Å²) in [5, 5.41) is 2.49. The lowest BCUT2D eigenvalue weighted by Crippen LogP contribution is -2.48. The lowest BCUT2D eigenvalue weighted by atomic mass is 10.1. The minimum absolute atomic E-state index is 0.129. The molecule has 0 unspecified atom stereocenters. The number of nitrogens with one attached hydrogen (secondary N) is 1. The maximum absolute atomic E-state index is 13.6. The van der Waals surface area contributed by atoms with E-state index in [0.717, 1.165) is 24.3 Å². The van der Waals surface area contributed by atoms with Crippen molar-refractivity contribution < 1.29 is 31.5 Å². The number of rotatable bonds is 6. The zero-order valence-electron chi connectivity index (χ0n) is 17.1. The third-order valence-electron chi connectivity index (χ3n) is 5.20. The molecule has 0 radical (unpaired) electrons. The largest absolute Gasteiger partial charge is 0.416 e. The van der Waals surface area contributed by atoms with E-state index in [2.05, 4.69) is 5.32 Å². The quantitative estimate of drug-likeness (QED) is 0.532. The zero-order chi connectivity index (χ0) is 23.3. The van der Waals surface area contributed by atoms with Gasteiger partial charge < -0.3 is 15.1 Å². The minimum Gasteiger partial charge on any atom is -0.368 e. The Morgan fingerprint density at radius 1 is 0.969 bits per heavy atom. The summed E-state index contributed by atoms with van der Waals surface area (Å²) in [6.07, 6.45) is -3.91. The maximum atomic E-state index is 13.6. The number of carbonyl (C=O) groups excluding carboxylic acids is 2. The molecule has 2 aromatic rings. The fraction of sp³-hybridized carbons (Fsp3) is 0.364. The van der Waals surface area contributed by atoms with E-state index in [9.17, 15) is 31.5 Å². The molecule has 1 aliphatic rings. The van der Waals surface area contributed by atoms with Crippen LogP contribution in [0.5, 0.6) is 0 Å². The van der Waals surface area contributed by atoms with E-state index in [4.69, 9.17) is 0 Å². The normalized spacial score (nSPS) is 14.4. The van der Waals surface area contributed by atoms with Crippen LogP contribution in [0.25, 0.3) is 0 Å². The standard InChI is InChI=1S/C22H22F5N3O2/c23-16-6-7-18(19(24)14-16)21(32)28-8-2-5-20(31)30-11-9-29(10-12-30)17-4-1-3-15(13-17)22(25,26)27/h1,3-4,6-7,13-14H,2,5,8-12H2,(H,28,32). The predicted molar refractivity (Wildman–Crippen MR) is 108 cm³/mol. The number of halogens is 5. The van der Waals surface area contributed by atoms with Gasteiger partial charge in [0.05, 0.1) is 11.1 Å². The number of amides is 2. The molecule has 1 heterocycles. The first-order chi connectivity index (χ1) is 15.1. The van der Waals surface area contributed by atoms with Crippen LogP contribution in [0.15, 0.2) is 42.5 Å². The molecule has 1 N–H and O–H groups in total. The first kappa shape index (κ1) is 23.5. The SMILES string of the molecule is O=C(NCCCC(=O)N1CCN(c2cccc(C(F)(F)F)c2)CC1)c1ccc(F)cc1F. The van der Waals surface area contributed by atoms with Crippen molar-refractivity contribution in [2.75, 3.05) is 37.6 Å². The van der Waals surface area contributed by atoms with E-state index in [0.29, 0.717) is 44.4 Å². The van der Waals surface area contributed by atoms with Crippen LogP contribution in [0.3, 0.4) is 0 Å². The summed E-state index contributed by atoms with van der Waals surface area (Å²) in [7, 11) is 0. The molecule has 0 atom stereocenters. The molecule has 1 aliphatic heterocycles. The lowest BCUT2D eigenvalue weighted by Gasteiger charge is -2.36. The molecule has 0 aromatic heterocycles. The monoisotopic (exact) mass is 455 g/mol. The highest BCUT2D eigenvalue weighted by molar-refractivity contribution is 5.94.